The highest BCUT2D eigenvalue weighted by Gasteiger charge is 2.49. The second kappa shape index (κ2) is 4.29. The summed E-state index contributed by atoms with van der Waals surface area (Å²) < 4.78 is 0. The van der Waals surface area contributed by atoms with Gasteiger partial charge < -0.3 is 11.5 Å². The predicted molar refractivity (Wildman–Crippen MR) is 99.0 cm³/mol. The summed E-state index contributed by atoms with van der Waals surface area (Å²) in [5.41, 5.74) is 24.4. The van der Waals surface area contributed by atoms with Crippen molar-refractivity contribution >= 4 is 22.5 Å². The Balaban J connectivity index is 2.19. The molecule has 0 radical (unpaired) electrons. The van der Waals surface area contributed by atoms with E-state index in [0.717, 1.165) is 11.4 Å². The summed E-state index contributed by atoms with van der Waals surface area (Å²) in [7, 11) is 0. The van der Waals surface area contributed by atoms with Crippen molar-refractivity contribution in [2.75, 3.05) is 11.5 Å². The van der Waals surface area contributed by atoms with Crippen LogP contribution in [0.25, 0.3) is 11.1 Å². The zero-order valence-corrected chi connectivity index (χ0v) is 14.1. The fourth-order valence-electron chi connectivity index (χ4n) is 4.60. The Hall–Kier alpha value is -2.48. The summed E-state index contributed by atoms with van der Waals surface area (Å²) in [4.78, 5) is 0. The van der Waals surface area contributed by atoms with E-state index in [-0.39, 0.29) is 5.41 Å². The minimum atomic E-state index is -0.205. The van der Waals surface area contributed by atoms with Gasteiger partial charge in [0.15, 0.2) is 0 Å². The molecular formula is C21H22N2. The smallest absolute Gasteiger partial charge is 0.0640 e. The molecule has 0 unspecified atom stereocenters. The maximum Gasteiger partial charge on any atom is 0.0640 e. The Morgan fingerprint density at radius 1 is 0.652 bits per heavy atom. The lowest BCUT2D eigenvalue weighted by Gasteiger charge is -2.32. The molecule has 4 rings (SSSR count). The number of nitrogens with two attached hydrogens (primary N) is 2. The SMILES string of the molecule is CC1=C(C)C2(C(C)=C(C)c3ccc(N)cc32)c2cc(N)ccc21. The van der Waals surface area contributed by atoms with E-state index in [2.05, 4.69) is 52.0 Å². The molecule has 0 atom stereocenters. The second-order valence-corrected chi connectivity index (χ2v) is 6.86. The summed E-state index contributed by atoms with van der Waals surface area (Å²) in [5.74, 6) is 0. The molecule has 0 saturated heterocycles. The number of anilines is 2. The lowest BCUT2D eigenvalue weighted by atomic mass is 9.69. The molecule has 116 valence electrons. The van der Waals surface area contributed by atoms with Gasteiger partial charge in [0, 0.05) is 11.4 Å². The molecule has 0 amide bonds. The number of hydrogen-bond donors (Lipinski definition) is 2. The van der Waals surface area contributed by atoms with E-state index < -0.39 is 0 Å². The molecule has 0 saturated carbocycles. The van der Waals surface area contributed by atoms with Gasteiger partial charge in [-0.15, -0.1) is 0 Å². The number of hydrogen-bond acceptors (Lipinski definition) is 2. The number of fused-ring (bicyclic) bond motifs is 4. The molecule has 2 aromatic rings. The van der Waals surface area contributed by atoms with E-state index in [0.29, 0.717) is 0 Å². The van der Waals surface area contributed by atoms with Crippen molar-refractivity contribution in [1.29, 1.82) is 0 Å². The minimum absolute atomic E-state index is 0.205. The first-order valence-electron chi connectivity index (χ1n) is 8.05. The Morgan fingerprint density at radius 2 is 1.04 bits per heavy atom. The quantitative estimate of drug-likeness (QED) is 0.690. The highest BCUT2D eigenvalue weighted by Crippen LogP contribution is 2.60. The normalized spacial score (nSPS) is 17.9. The van der Waals surface area contributed by atoms with Gasteiger partial charge in [0.2, 0.25) is 0 Å². The maximum absolute atomic E-state index is 6.14. The minimum Gasteiger partial charge on any atom is -0.399 e. The molecular weight excluding hydrogens is 280 g/mol. The van der Waals surface area contributed by atoms with Gasteiger partial charge in [0.1, 0.15) is 0 Å². The highest BCUT2D eigenvalue weighted by atomic mass is 14.6. The van der Waals surface area contributed by atoms with Gasteiger partial charge in [-0.3, -0.25) is 0 Å². The van der Waals surface area contributed by atoms with Crippen molar-refractivity contribution in [3.8, 4) is 0 Å². The molecule has 4 N–H and O–H groups in total. The van der Waals surface area contributed by atoms with Crippen molar-refractivity contribution in [3.63, 3.8) is 0 Å². The van der Waals surface area contributed by atoms with Gasteiger partial charge in [-0.05, 0) is 85.4 Å². The van der Waals surface area contributed by atoms with Crippen LogP contribution in [-0.2, 0) is 5.41 Å². The van der Waals surface area contributed by atoms with Crippen LogP contribution in [-0.4, -0.2) is 0 Å². The number of benzene rings is 2. The summed E-state index contributed by atoms with van der Waals surface area (Å²) >= 11 is 0. The lowest BCUT2D eigenvalue weighted by Crippen LogP contribution is -2.27. The average molecular weight is 302 g/mol. The average Bonchev–Trinajstić information content (AvgIpc) is 2.87. The van der Waals surface area contributed by atoms with Crippen molar-refractivity contribution in [3.05, 3.63) is 69.8 Å². The fourth-order valence-corrected chi connectivity index (χ4v) is 4.60. The first-order chi connectivity index (χ1) is 10.9. The Labute approximate surface area is 137 Å². The molecule has 23 heavy (non-hydrogen) atoms. The molecule has 1 spiro atoms. The van der Waals surface area contributed by atoms with Crippen LogP contribution < -0.4 is 11.5 Å². The molecule has 2 aliphatic rings. The third-order valence-electron chi connectivity index (χ3n) is 5.95. The van der Waals surface area contributed by atoms with E-state index in [1.54, 1.807) is 0 Å². The van der Waals surface area contributed by atoms with Gasteiger partial charge in [-0.1, -0.05) is 23.3 Å². The van der Waals surface area contributed by atoms with Gasteiger partial charge in [0.25, 0.3) is 0 Å². The van der Waals surface area contributed by atoms with E-state index in [4.69, 9.17) is 11.5 Å². The Morgan fingerprint density at radius 3 is 1.43 bits per heavy atom. The topological polar surface area (TPSA) is 52.0 Å². The van der Waals surface area contributed by atoms with Gasteiger partial charge in [-0.2, -0.15) is 0 Å². The van der Waals surface area contributed by atoms with E-state index in [9.17, 15) is 0 Å². The zero-order valence-electron chi connectivity index (χ0n) is 14.1. The standard InChI is InChI=1S/C21H22N2/c1-11-13(3)21(19-9-15(22)5-7-17(11)19)14(4)12(2)18-8-6-16(23)10-20(18)21/h5-10H,22-23H2,1-4H3. The third-order valence-corrected chi connectivity index (χ3v) is 5.95. The van der Waals surface area contributed by atoms with Crippen LogP contribution >= 0.6 is 0 Å². The van der Waals surface area contributed by atoms with E-state index in [1.165, 1.54) is 44.5 Å². The van der Waals surface area contributed by atoms with Crippen LogP contribution in [0.5, 0.6) is 0 Å². The molecule has 0 bridgehead atoms. The van der Waals surface area contributed by atoms with Crippen molar-refractivity contribution in [1.82, 2.24) is 0 Å². The number of nitrogen functional groups attached to an aromatic ring is 2. The van der Waals surface area contributed by atoms with Crippen LogP contribution in [0.4, 0.5) is 11.4 Å². The van der Waals surface area contributed by atoms with Crippen LogP contribution in [0.15, 0.2) is 47.5 Å². The molecule has 2 aromatic carbocycles. The van der Waals surface area contributed by atoms with Gasteiger partial charge in [-0.25, -0.2) is 0 Å². The van der Waals surface area contributed by atoms with E-state index in [1.807, 2.05) is 12.1 Å². The first kappa shape index (κ1) is 14.1. The first-order valence-corrected chi connectivity index (χ1v) is 8.05. The summed E-state index contributed by atoms with van der Waals surface area (Å²) in [6.45, 7) is 8.93. The lowest BCUT2D eigenvalue weighted by molar-refractivity contribution is 0.741. The predicted octanol–water partition coefficient (Wildman–Crippen LogP) is 4.75. The second-order valence-electron chi connectivity index (χ2n) is 6.86. The van der Waals surface area contributed by atoms with Crippen LogP contribution in [0.3, 0.4) is 0 Å². The van der Waals surface area contributed by atoms with Crippen molar-refractivity contribution in [2.24, 2.45) is 0 Å². The fraction of sp³-hybridized carbons (Fsp3) is 0.238. The van der Waals surface area contributed by atoms with Crippen molar-refractivity contribution < 1.29 is 0 Å². The Kier molecular flexibility index (Phi) is 2.63. The number of rotatable bonds is 0. The summed E-state index contributed by atoms with van der Waals surface area (Å²) in [6, 6.07) is 12.6. The van der Waals surface area contributed by atoms with Crippen LogP contribution in [0.2, 0.25) is 0 Å². The van der Waals surface area contributed by atoms with Crippen LogP contribution in [0, 0.1) is 0 Å². The summed E-state index contributed by atoms with van der Waals surface area (Å²) in [5, 5.41) is 0. The van der Waals surface area contributed by atoms with Crippen molar-refractivity contribution in [2.45, 2.75) is 33.1 Å². The van der Waals surface area contributed by atoms with E-state index >= 15 is 0 Å². The maximum atomic E-state index is 6.14. The Bertz CT molecular complexity index is 851. The molecule has 2 aliphatic carbocycles. The third kappa shape index (κ3) is 1.49. The zero-order chi connectivity index (χ0) is 16.5. The molecule has 0 aromatic heterocycles. The number of allylic oxidation sites excluding steroid dienone is 4. The summed E-state index contributed by atoms with van der Waals surface area (Å²) in [6.07, 6.45) is 0. The largest absolute Gasteiger partial charge is 0.399 e. The van der Waals surface area contributed by atoms with Gasteiger partial charge >= 0.3 is 0 Å². The van der Waals surface area contributed by atoms with Crippen LogP contribution in [0.1, 0.15) is 49.9 Å². The molecule has 2 nitrogen and oxygen atoms in total. The molecule has 2 heteroatoms. The monoisotopic (exact) mass is 302 g/mol. The molecule has 0 fully saturated rings. The molecule has 0 aliphatic heterocycles. The van der Waals surface area contributed by atoms with Gasteiger partial charge in [0.05, 0.1) is 5.41 Å². The molecule has 0 heterocycles. The highest BCUT2D eigenvalue weighted by molar-refractivity contribution is 5.93.